The molecule has 2 aromatic heterocycles. The number of carbonyl (C=O) groups excluding carboxylic acids is 2. The van der Waals surface area contributed by atoms with Crippen LogP contribution in [0.25, 0.3) is 11.3 Å². The Hall–Kier alpha value is -3.28. The molecule has 1 N–H and O–H groups in total. The molecule has 0 unspecified atom stereocenters. The molecule has 0 saturated carbocycles. The second-order valence-electron chi connectivity index (χ2n) is 6.42. The molecule has 3 rings (SSSR count). The van der Waals surface area contributed by atoms with Crippen LogP contribution in [0.15, 0.2) is 48.8 Å². The first-order valence-corrected chi connectivity index (χ1v) is 8.84. The number of aromatic amines is 1. The van der Waals surface area contributed by atoms with Crippen LogP contribution in [0.5, 0.6) is 0 Å². The van der Waals surface area contributed by atoms with Crippen LogP contribution >= 0.6 is 0 Å². The van der Waals surface area contributed by atoms with E-state index in [0.29, 0.717) is 12.0 Å². The van der Waals surface area contributed by atoms with Gasteiger partial charge in [0.15, 0.2) is 5.78 Å². The highest BCUT2D eigenvalue weighted by Crippen LogP contribution is 2.26. The van der Waals surface area contributed by atoms with E-state index in [1.165, 1.54) is 0 Å². The number of carbonyl (C=O) groups is 2. The topological polar surface area (TPSA) is 79.0 Å². The Morgan fingerprint density at radius 1 is 1.15 bits per heavy atom. The first-order valence-electron chi connectivity index (χ1n) is 8.84. The number of nitrogens with one attached hydrogen (secondary N) is 1. The number of ketones is 1. The molecule has 0 aliphatic heterocycles. The number of hydrogen-bond acceptors (Lipinski definition) is 4. The average Bonchev–Trinajstić information content (AvgIpc) is 3.19. The highest BCUT2D eigenvalue weighted by molar-refractivity contribution is 5.97. The fraction of sp³-hybridized carbons (Fsp3) is 0.238. The Morgan fingerprint density at radius 2 is 1.96 bits per heavy atom. The Bertz CT molecular complexity index is 947. The molecule has 0 bridgehead atoms. The second kappa shape index (κ2) is 7.95. The van der Waals surface area contributed by atoms with Crippen LogP contribution in [0.2, 0.25) is 0 Å². The number of hydrogen-bond donors (Lipinski definition) is 1. The number of rotatable bonds is 6. The Labute approximate surface area is 158 Å². The zero-order valence-corrected chi connectivity index (χ0v) is 15.7. The van der Waals surface area contributed by atoms with Crippen molar-refractivity contribution < 1.29 is 9.59 Å². The van der Waals surface area contributed by atoms with Crippen molar-refractivity contribution >= 4 is 17.4 Å². The molecule has 0 fully saturated rings. The van der Waals surface area contributed by atoms with Gasteiger partial charge in [0, 0.05) is 48.4 Å². The van der Waals surface area contributed by atoms with Crippen molar-refractivity contribution in [3.63, 3.8) is 0 Å². The van der Waals surface area contributed by atoms with Gasteiger partial charge in [0.25, 0.3) is 0 Å². The fourth-order valence-corrected chi connectivity index (χ4v) is 2.95. The highest BCUT2D eigenvalue weighted by atomic mass is 16.2. The van der Waals surface area contributed by atoms with Crippen LogP contribution in [0.3, 0.4) is 0 Å². The molecule has 2 heterocycles. The van der Waals surface area contributed by atoms with E-state index >= 15 is 0 Å². The zero-order valence-electron chi connectivity index (χ0n) is 15.7. The molecule has 0 spiro atoms. The molecule has 6 heteroatoms. The van der Waals surface area contributed by atoms with E-state index in [9.17, 15) is 9.59 Å². The lowest BCUT2D eigenvalue weighted by Gasteiger charge is -2.19. The van der Waals surface area contributed by atoms with Gasteiger partial charge in [-0.05, 0) is 42.8 Å². The first kappa shape index (κ1) is 18.5. The summed E-state index contributed by atoms with van der Waals surface area (Å²) in [7, 11) is 1.78. The van der Waals surface area contributed by atoms with Crippen molar-refractivity contribution in [1.29, 1.82) is 0 Å². The smallest absolute Gasteiger partial charge is 0.226 e. The maximum atomic E-state index is 12.3. The van der Waals surface area contributed by atoms with Crippen LogP contribution in [0, 0.1) is 6.92 Å². The van der Waals surface area contributed by atoms with Gasteiger partial charge in [0.2, 0.25) is 5.91 Å². The van der Waals surface area contributed by atoms with E-state index in [2.05, 4.69) is 15.2 Å². The van der Waals surface area contributed by atoms with Crippen molar-refractivity contribution in [3.8, 4) is 11.3 Å². The molecule has 1 aromatic carbocycles. The van der Waals surface area contributed by atoms with Gasteiger partial charge in [-0.3, -0.25) is 19.7 Å². The van der Waals surface area contributed by atoms with Crippen LogP contribution in [-0.2, 0) is 11.2 Å². The van der Waals surface area contributed by atoms with Gasteiger partial charge >= 0.3 is 0 Å². The van der Waals surface area contributed by atoms with E-state index in [1.807, 2.05) is 38.1 Å². The maximum absolute atomic E-state index is 12.3. The molecule has 27 heavy (non-hydrogen) atoms. The van der Waals surface area contributed by atoms with Gasteiger partial charge < -0.3 is 4.90 Å². The molecule has 0 saturated heterocycles. The zero-order chi connectivity index (χ0) is 19.4. The Balaban J connectivity index is 1.78. The summed E-state index contributed by atoms with van der Waals surface area (Å²) in [6.07, 6.45) is 3.96. The minimum absolute atomic E-state index is 0.00969. The molecule has 6 nitrogen and oxygen atoms in total. The van der Waals surface area contributed by atoms with Crippen molar-refractivity contribution in [2.75, 3.05) is 11.9 Å². The Morgan fingerprint density at radius 3 is 2.56 bits per heavy atom. The molecule has 0 aliphatic carbocycles. The summed E-state index contributed by atoms with van der Waals surface area (Å²) in [5, 5.41) is 6.64. The molecule has 0 aliphatic rings. The maximum Gasteiger partial charge on any atom is 0.226 e. The lowest BCUT2D eigenvalue weighted by atomic mass is 10.0. The van der Waals surface area contributed by atoms with Gasteiger partial charge in [0.1, 0.15) is 0 Å². The molecule has 0 atom stereocenters. The predicted molar refractivity (Wildman–Crippen MR) is 105 cm³/mol. The van der Waals surface area contributed by atoms with Crippen molar-refractivity contribution in [2.24, 2.45) is 0 Å². The lowest BCUT2D eigenvalue weighted by molar-refractivity contribution is -0.118. The Kier molecular flexibility index (Phi) is 5.45. The third-order valence-electron chi connectivity index (χ3n) is 4.53. The highest BCUT2D eigenvalue weighted by Gasteiger charge is 2.13. The number of pyridine rings is 1. The number of benzene rings is 1. The summed E-state index contributed by atoms with van der Waals surface area (Å²) < 4.78 is 0. The molecule has 3 aromatic rings. The first-order chi connectivity index (χ1) is 13.0. The molecular formula is C21H22N4O2. The van der Waals surface area contributed by atoms with Gasteiger partial charge in [-0.1, -0.05) is 13.0 Å². The summed E-state index contributed by atoms with van der Waals surface area (Å²) in [4.78, 5) is 30.3. The molecular weight excluding hydrogens is 340 g/mol. The van der Waals surface area contributed by atoms with Crippen molar-refractivity contribution in [2.45, 2.75) is 26.7 Å². The van der Waals surface area contributed by atoms with Crippen LogP contribution in [0.1, 0.15) is 35.0 Å². The van der Waals surface area contributed by atoms with E-state index in [0.717, 1.165) is 28.2 Å². The monoisotopic (exact) mass is 362 g/mol. The average molecular weight is 362 g/mol. The number of H-pyrrole nitrogens is 1. The predicted octanol–water partition coefficient (Wildman–Crippen LogP) is 3.58. The quantitative estimate of drug-likeness (QED) is 0.680. The lowest BCUT2D eigenvalue weighted by Crippen LogP contribution is -2.25. The van der Waals surface area contributed by atoms with Gasteiger partial charge in [-0.15, -0.1) is 0 Å². The summed E-state index contributed by atoms with van der Waals surface area (Å²) in [6, 6.07) is 11.3. The number of aryl methyl sites for hydroxylation is 1. The number of nitrogens with zero attached hydrogens (tertiary/aromatic N) is 3. The summed E-state index contributed by atoms with van der Waals surface area (Å²) >= 11 is 0. The standard InChI is InChI=1S/C21H22N4O2/c1-4-21(27)25(3)19-8-6-15(11-14(19)2)18-7-5-16(13-22-18)20(26)12-17-9-10-23-24-17/h5-11,13H,4,12H2,1-3H3,(H,23,24). The van der Waals surface area contributed by atoms with Crippen molar-refractivity contribution in [3.05, 3.63) is 65.6 Å². The van der Waals surface area contributed by atoms with E-state index < -0.39 is 0 Å². The van der Waals surface area contributed by atoms with Crippen LogP contribution < -0.4 is 4.90 Å². The van der Waals surface area contributed by atoms with Crippen LogP contribution in [-0.4, -0.2) is 33.9 Å². The third-order valence-corrected chi connectivity index (χ3v) is 4.53. The number of anilines is 1. The van der Waals surface area contributed by atoms with E-state index in [1.54, 1.807) is 36.5 Å². The molecule has 138 valence electrons. The largest absolute Gasteiger partial charge is 0.315 e. The summed E-state index contributed by atoms with van der Waals surface area (Å²) in [5.41, 5.74) is 4.96. The molecule has 1 amide bonds. The normalized spacial score (nSPS) is 10.6. The van der Waals surface area contributed by atoms with Gasteiger partial charge in [-0.2, -0.15) is 5.10 Å². The fourth-order valence-electron chi connectivity index (χ4n) is 2.95. The minimum Gasteiger partial charge on any atom is -0.315 e. The number of amides is 1. The molecule has 0 radical (unpaired) electrons. The SMILES string of the molecule is CCC(=O)N(C)c1ccc(-c2ccc(C(=O)Cc3ccn[nH]3)cn2)cc1C. The van der Waals surface area contributed by atoms with E-state index in [4.69, 9.17) is 0 Å². The van der Waals surface area contributed by atoms with Crippen molar-refractivity contribution in [1.82, 2.24) is 15.2 Å². The van der Waals surface area contributed by atoms with E-state index in [-0.39, 0.29) is 18.1 Å². The van der Waals surface area contributed by atoms with Gasteiger partial charge in [-0.25, -0.2) is 0 Å². The summed E-state index contributed by atoms with van der Waals surface area (Å²) in [5.74, 6) is 0.0636. The third kappa shape index (κ3) is 4.11. The summed E-state index contributed by atoms with van der Waals surface area (Å²) in [6.45, 7) is 3.82. The minimum atomic E-state index is -0.00969. The van der Waals surface area contributed by atoms with Gasteiger partial charge in [0.05, 0.1) is 12.1 Å². The second-order valence-corrected chi connectivity index (χ2v) is 6.42. The number of aromatic nitrogens is 3. The van der Waals surface area contributed by atoms with Crippen LogP contribution in [0.4, 0.5) is 5.69 Å². The number of Topliss-reactive ketones (excluding diaryl/α,β-unsaturated/α-hetero) is 1.